The predicted octanol–water partition coefficient (Wildman–Crippen LogP) is 3.98. The zero-order valence-electron chi connectivity index (χ0n) is 15.3. The number of carbonyl (C=O) groups excluding carboxylic acids is 1. The number of methoxy groups -OCH3 is 1. The van der Waals surface area contributed by atoms with Crippen molar-refractivity contribution in [1.29, 1.82) is 0 Å². The van der Waals surface area contributed by atoms with Crippen LogP contribution in [0.2, 0.25) is 0 Å². The maximum Gasteiger partial charge on any atom is 0.340 e. The van der Waals surface area contributed by atoms with Gasteiger partial charge in [0.25, 0.3) is 0 Å². The van der Waals surface area contributed by atoms with E-state index in [1.807, 2.05) is 44.4 Å². The molecule has 0 aliphatic carbocycles. The number of nitrogens with one attached hydrogen (secondary N) is 2. The molecular formula is C19H20N4O2S2. The molecule has 0 spiro atoms. The normalized spacial score (nSPS) is 10.5. The third-order valence-electron chi connectivity index (χ3n) is 3.90. The number of esters is 1. The summed E-state index contributed by atoms with van der Waals surface area (Å²) in [7, 11) is 3.22. The molecule has 3 aromatic rings. The molecule has 2 heterocycles. The molecule has 2 N–H and O–H groups in total. The van der Waals surface area contributed by atoms with Crippen LogP contribution in [0.3, 0.4) is 0 Å². The summed E-state index contributed by atoms with van der Waals surface area (Å²) in [5, 5.41) is 11.6. The van der Waals surface area contributed by atoms with E-state index in [4.69, 9.17) is 17.0 Å². The first kappa shape index (κ1) is 19.1. The molecule has 27 heavy (non-hydrogen) atoms. The number of nitrogens with zero attached hydrogens (tertiary/aromatic N) is 2. The van der Waals surface area contributed by atoms with Gasteiger partial charge in [-0.15, -0.1) is 11.3 Å². The second-order valence-corrected chi connectivity index (χ2v) is 7.54. The Hall–Kier alpha value is -2.71. The van der Waals surface area contributed by atoms with Crippen molar-refractivity contribution >= 4 is 45.3 Å². The van der Waals surface area contributed by atoms with E-state index in [0.29, 0.717) is 15.7 Å². The molecule has 8 heteroatoms. The number of benzene rings is 1. The number of thiophene rings is 1. The van der Waals surface area contributed by atoms with Gasteiger partial charge >= 0.3 is 5.97 Å². The summed E-state index contributed by atoms with van der Waals surface area (Å²) in [4.78, 5) is 13.2. The summed E-state index contributed by atoms with van der Waals surface area (Å²) in [5.74, 6) is -0.395. The average Bonchev–Trinajstić information content (AvgIpc) is 3.17. The van der Waals surface area contributed by atoms with E-state index >= 15 is 0 Å². The molecule has 0 saturated carbocycles. The Labute approximate surface area is 167 Å². The zero-order chi connectivity index (χ0) is 19.4. The lowest BCUT2D eigenvalue weighted by atomic mass is 10.1. The van der Waals surface area contributed by atoms with Crippen LogP contribution in [0.25, 0.3) is 0 Å². The van der Waals surface area contributed by atoms with Gasteiger partial charge in [-0.1, -0.05) is 30.3 Å². The van der Waals surface area contributed by atoms with Crippen LogP contribution in [-0.4, -0.2) is 28.0 Å². The number of hydrogen-bond acceptors (Lipinski definition) is 5. The fraction of sp³-hybridized carbons (Fsp3) is 0.211. The Kier molecular flexibility index (Phi) is 5.88. The van der Waals surface area contributed by atoms with Crippen molar-refractivity contribution in [2.24, 2.45) is 7.05 Å². The third kappa shape index (κ3) is 4.72. The molecule has 1 aromatic carbocycles. The van der Waals surface area contributed by atoms with Crippen molar-refractivity contribution in [1.82, 2.24) is 9.78 Å². The van der Waals surface area contributed by atoms with Crippen molar-refractivity contribution in [3.63, 3.8) is 0 Å². The van der Waals surface area contributed by atoms with Crippen LogP contribution in [0, 0.1) is 6.92 Å². The van der Waals surface area contributed by atoms with E-state index in [1.165, 1.54) is 24.0 Å². The number of thiocarbonyl (C=S) groups is 1. The van der Waals surface area contributed by atoms with Gasteiger partial charge in [0.1, 0.15) is 5.00 Å². The number of hydrogen-bond donors (Lipinski definition) is 2. The summed E-state index contributed by atoms with van der Waals surface area (Å²) in [5.41, 5.74) is 3.30. The third-order valence-corrected chi connectivity index (χ3v) is 5.15. The number of aromatic nitrogens is 2. The molecule has 0 radical (unpaired) electrons. The summed E-state index contributed by atoms with van der Waals surface area (Å²) in [6.45, 7) is 1.90. The first-order valence-electron chi connectivity index (χ1n) is 8.29. The SMILES string of the molecule is COC(=O)c1cc(Cc2ccccc2)sc1NC(=S)Nc1cn(C)nc1C. The minimum atomic E-state index is -0.395. The van der Waals surface area contributed by atoms with Crippen LogP contribution in [-0.2, 0) is 18.2 Å². The molecule has 0 aliphatic rings. The van der Waals surface area contributed by atoms with E-state index in [9.17, 15) is 4.79 Å². The van der Waals surface area contributed by atoms with Gasteiger partial charge in [-0.25, -0.2) is 4.79 Å². The summed E-state index contributed by atoms with van der Waals surface area (Å²) >= 11 is 6.89. The van der Waals surface area contributed by atoms with Gasteiger partial charge in [-0.05, 0) is 30.8 Å². The first-order valence-corrected chi connectivity index (χ1v) is 9.52. The van der Waals surface area contributed by atoms with E-state index in [1.54, 1.807) is 4.68 Å². The molecule has 0 fully saturated rings. The van der Waals surface area contributed by atoms with Gasteiger partial charge in [0.15, 0.2) is 5.11 Å². The van der Waals surface area contributed by atoms with Crippen LogP contribution in [0.1, 0.15) is 26.5 Å². The van der Waals surface area contributed by atoms with Gasteiger partial charge in [0.2, 0.25) is 0 Å². The highest BCUT2D eigenvalue weighted by Crippen LogP contribution is 2.31. The first-order chi connectivity index (χ1) is 13.0. The fourth-order valence-corrected chi connectivity index (χ4v) is 4.02. The highest BCUT2D eigenvalue weighted by Gasteiger charge is 2.18. The van der Waals surface area contributed by atoms with Crippen LogP contribution in [0.5, 0.6) is 0 Å². The maximum absolute atomic E-state index is 12.2. The lowest BCUT2D eigenvalue weighted by molar-refractivity contribution is 0.0602. The van der Waals surface area contributed by atoms with Crippen molar-refractivity contribution in [2.45, 2.75) is 13.3 Å². The molecular weight excluding hydrogens is 380 g/mol. The number of ether oxygens (including phenoxy) is 1. The molecule has 6 nitrogen and oxygen atoms in total. The van der Waals surface area contributed by atoms with Crippen molar-refractivity contribution < 1.29 is 9.53 Å². The lowest BCUT2D eigenvalue weighted by Gasteiger charge is -2.09. The lowest BCUT2D eigenvalue weighted by Crippen LogP contribution is -2.20. The van der Waals surface area contributed by atoms with Gasteiger partial charge in [0, 0.05) is 24.5 Å². The van der Waals surface area contributed by atoms with Crippen molar-refractivity contribution in [2.75, 3.05) is 17.7 Å². The molecule has 0 saturated heterocycles. The quantitative estimate of drug-likeness (QED) is 0.499. The van der Waals surface area contributed by atoms with Gasteiger partial charge in [0.05, 0.1) is 24.1 Å². The van der Waals surface area contributed by atoms with E-state index in [0.717, 1.165) is 22.7 Å². The van der Waals surface area contributed by atoms with Crippen molar-refractivity contribution in [3.05, 3.63) is 64.3 Å². The number of aryl methyl sites for hydroxylation is 2. The number of anilines is 2. The van der Waals surface area contributed by atoms with Gasteiger partial charge < -0.3 is 15.4 Å². The van der Waals surface area contributed by atoms with Crippen LogP contribution in [0.15, 0.2) is 42.6 Å². The van der Waals surface area contributed by atoms with E-state index in [2.05, 4.69) is 27.9 Å². The standard InChI is InChI=1S/C19H20N4O2S2/c1-12-16(11-23(2)22-12)20-19(26)21-17-15(18(24)25-3)10-14(27-17)9-13-7-5-4-6-8-13/h4-8,10-11H,9H2,1-3H3,(H2,20,21,26). The number of rotatable bonds is 5. The Morgan fingerprint density at radius 1 is 1.30 bits per heavy atom. The Morgan fingerprint density at radius 3 is 2.67 bits per heavy atom. The largest absolute Gasteiger partial charge is 0.465 e. The molecule has 3 rings (SSSR count). The minimum absolute atomic E-state index is 0.393. The van der Waals surface area contributed by atoms with Crippen molar-refractivity contribution in [3.8, 4) is 0 Å². The molecule has 0 aliphatic heterocycles. The molecule has 0 amide bonds. The van der Waals surface area contributed by atoms with Crippen LogP contribution < -0.4 is 10.6 Å². The second-order valence-electron chi connectivity index (χ2n) is 5.99. The molecule has 0 bridgehead atoms. The molecule has 140 valence electrons. The molecule has 0 unspecified atom stereocenters. The minimum Gasteiger partial charge on any atom is -0.465 e. The molecule has 2 aromatic heterocycles. The highest BCUT2D eigenvalue weighted by atomic mass is 32.1. The maximum atomic E-state index is 12.2. The molecule has 0 atom stereocenters. The van der Waals surface area contributed by atoms with Crippen LogP contribution >= 0.6 is 23.6 Å². The van der Waals surface area contributed by atoms with Gasteiger partial charge in [-0.2, -0.15) is 5.10 Å². The van der Waals surface area contributed by atoms with Crippen LogP contribution in [0.4, 0.5) is 10.7 Å². The Bertz CT molecular complexity index is 964. The Morgan fingerprint density at radius 2 is 2.04 bits per heavy atom. The second kappa shape index (κ2) is 8.32. The fourth-order valence-electron chi connectivity index (χ4n) is 2.66. The highest BCUT2D eigenvalue weighted by molar-refractivity contribution is 7.80. The van der Waals surface area contributed by atoms with E-state index < -0.39 is 5.97 Å². The van der Waals surface area contributed by atoms with E-state index in [-0.39, 0.29) is 0 Å². The smallest absolute Gasteiger partial charge is 0.340 e. The van der Waals surface area contributed by atoms with Gasteiger partial charge in [-0.3, -0.25) is 4.68 Å². The topological polar surface area (TPSA) is 68.2 Å². The zero-order valence-corrected chi connectivity index (χ0v) is 16.9. The predicted molar refractivity (Wildman–Crippen MR) is 113 cm³/mol. The summed E-state index contributed by atoms with van der Waals surface area (Å²) < 4.78 is 6.63. The monoisotopic (exact) mass is 400 g/mol. The Balaban J connectivity index is 1.79. The average molecular weight is 401 g/mol. The number of carbonyl (C=O) groups is 1. The summed E-state index contributed by atoms with van der Waals surface area (Å²) in [6.07, 6.45) is 2.58. The summed E-state index contributed by atoms with van der Waals surface area (Å²) in [6, 6.07) is 11.9.